The van der Waals surface area contributed by atoms with E-state index >= 15 is 0 Å². The van der Waals surface area contributed by atoms with E-state index in [4.69, 9.17) is 0 Å². The average molecular weight is 340 g/mol. The fourth-order valence-electron chi connectivity index (χ4n) is 2.57. The zero-order valence-electron chi connectivity index (χ0n) is 13.6. The van der Waals surface area contributed by atoms with Crippen LogP contribution in [0.4, 0.5) is 5.69 Å². The van der Waals surface area contributed by atoms with Gasteiger partial charge in [-0.05, 0) is 24.1 Å². The van der Waals surface area contributed by atoms with Crippen LogP contribution in [0.5, 0.6) is 0 Å². The predicted octanol–water partition coefficient (Wildman–Crippen LogP) is 0.269. The molecule has 1 fully saturated rings. The molecular formula is C15H24N4O3S. The maximum Gasteiger partial charge on any atom is 0.279 e. The van der Waals surface area contributed by atoms with E-state index in [0.29, 0.717) is 13.1 Å². The van der Waals surface area contributed by atoms with Crippen molar-refractivity contribution >= 4 is 21.8 Å². The molecule has 1 aromatic rings. The van der Waals surface area contributed by atoms with Gasteiger partial charge in [-0.15, -0.1) is 0 Å². The second-order valence-corrected chi connectivity index (χ2v) is 7.45. The highest BCUT2D eigenvalue weighted by Gasteiger charge is 2.25. The van der Waals surface area contributed by atoms with Gasteiger partial charge >= 0.3 is 0 Å². The summed E-state index contributed by atoms with van der Waals surface area (Å²) in [4.78, 5) is 13.2. The maximum absolute atomic E-state index is 11.7. The minimum Gasteiger partial charge on any atom is -0.326 e. The minimum absolute atomic E-state index is 0.0767. The molecule has 1 saturated heterocycles. The number of amides is 1. The van der Waals surface area contributed by atoms with Crippen molar-refractivity contribution in [3.05, 3.63) is 29.8 Å². The highest BCUT2D eigenvalue weighted by Crippen LogP contribution is 2.11. The van der Waals surface area contributed by atoms with Crippen molar-refractivity contribution in [1.29, 1.82) is 0 Å². The van der Waals surface area contributed by atoms with E-state index in [2.05, 4.69) is 14.9 Å². The fraction of sp³-hybridized carbons (Fsp3) is 0.533. The van der Waals surface area contributed by atoms with Gasteiger partial charge in [-0.1, -0.05) is 12.1 Å². The lowest BCUT2D eigenvalue weighted by Crippen LogP contribution is -2.51. The number of carbonyl (C=O) groups excluding carboxylic acids is 1. The highest BCUT2D eigenvalue weighted by molar-refractivity contribution is 7.87. The zero-order valence-corrected chi connectivity index (χ0v) is 14.4. The van der Waals surface area contributed by atoms with Gasteiger partial charge in [0.05, 0.1) is 0 Å². The highest BCUT2D eigenvalue weighted by atomic mass is 32.2. The molecule has 1 heterocycles. The van der Waals surface area contributed by atoms with Gasteiger partial charge in [-0.2, -0.15) is 12.7 Å². The Labute approximate surface area is 137 Å². The molecule has 2 N–H and O–H groups in total. The van der Waals surface area contributed by atoms with E-state index in [0.717, 1.165) is 31.7 Å². The lowest BCUT2D eigenvalue weighted by Gasteiger charge is -2.33. The summed E-state index contributed by atoms with van der Waals surface area (Å²) in [6.45, 7) is 4.90. The lowest BCUT2D eigenvalue weighted by molar-refractivity contribution is -0.114. The fourth-order valence-corrected chi connectivity index (χ4v) is 3.47. The third-order valence-corrected chi connectivity index (χ3v) is 5.48. The molecule has 0 atom stereocenters. The first kappa shape index (κ1) is 17.9. The SMILES string of the molecule is CNS(=O)(=O)N1CCN(CCc2ccc(NC(C)=O)cc2)CC1. The van der Waals surface area contributed by atoms with Gasteiger partial charge in [0, 0.05) is 52.4 Å². The Hall–Kier alpha value is -1.48. The normalized spacial score (nSPS) is 17.1. The second-order valence-electron chi connectivity index (χ2n) is 5.58. The third-order valence-electron chi connectivity index (χ3n) is 3.92. The summed E-state index contributed by atoms with van der Waals surface area (Å²) in [6.07, 6.45) is 0.902. The van der Waals surface area contributed by atoms with E-state index in [1.165, 1.54) is 23.8 Å². The molecule has 0 spiro atoms. The van der Waals surface area contributed by atoms with Gasteiger partial charge < -0.3 is 10.2 Å². The molecule has 1 aliphatic heterocycles. The molecule has 0 bridgehead atoms. The van der Waals surface area contributed by atoms with Crippen molar-refractivity contribution < 1.29 is 13.2 Å². The summed E-state index contributed by atoms with van der Waals surface area (Å²) in [5, 5.41) is 2.74. The summed E-state index contributed by atoms with van der Waals surface area (Å²) in [5.41, 5.74) is 2.00. The number of nitrogens with one attached hydrogen (secondary N) is 2. The van der Waals surface area contributed by atoms with Crippen LogP contribution in [0.15, 0.2) is 24.3 Å². The molecule has 2 rings (SSSR count). The maximum atomic E-state index is 11.7. The van der Waals surface area contributed by atoms with Crippen LogP contribution in [0, 0.1) is 0 Å². The Bertz CT molecular complexity index is 623. The zero-order chi connectivity index (χ0) is 16.9. The summed E-state index contributed by atoms with van der Waals surface area (Å²) >= 11 is 0. The van der Waals surface area contributed by atoms with E-state index in [-0.39, 0.29) is 5.91 Å². The van der Waals surface area contributed by atoms with Gasteiger partial charge in [0.1, 0.15) is 0 Å². The molecule has 128 valence electrons. The van der Waals surface area contributed by atoms with Crippen LogP contribution >= 0.6 is 0 Å². The number of nitrogens with zero attached hydrogens (tertiary/aromatic N) is 2. The van der Waals surface area contributed by atoms with Crippen LogP contribution in [-0.4, -0.2) is 63.3 Å². The molecule has 0 aromatic heterocycles. The van der Waals surface area contributed by atoms with E-state index in [1.54, 1.807) is 0 Å². The molecule has 1 aliphatic rings. The largest absolute Gasteiger partial charge is 0.326 e. The van der Waals surface area contributed by atoms with Crippen molar-refractivity contribution in [2.45, 2.75) is 13.3 Å². The number of carbonyl (C=O) groups is 1. The molecule has 1 aromatic carbocycles. The monoisotopic (exact) mass is 340 g/mol. The van der Waals surface area contributed by atoms with Gasteiger partial charge in [0.2, 0.25) is 5.91 Å². The molecule has 0 aliphatic carbocycles. The van der Waals surface area contributed by atoms with Gasteiger partial charge in [0.15, 0.2) is 0 Å². The van der Waals surface area contributed by atoms with E-state index < -0.39 is 10.2 Å². The number of hydrogen-bond acceptors (Lipinski definition) is 4. The van der Waals surface area contributed by atoms with Crippen LogP contribution in [0.3, 0.4) is 0 Å². The first-order valence-corrected chi connectivity index (χ1v) is 9.12. The van der Waals surface area contributed by atoms with Crippen LogP contribution in [0.2, 0.25) is 0 Å². The Balaban J connectivity index is 1.78. The van der Waals surface area contributed by atoms with E-state index in [1.807, 2.05) is 24.3 Å². The van der Waals surface area contributed by atoms with Crippen LogP contribution in [-0.2, 0) is 21.4 Å². The van der Waals surface area contributed by atoms with Crippen molar-refractivity contribution in [3.8, 4) is 0 Å². The lowest BCUT2D eigenvalue weighted by atomic mass is 10.1. The molecule has 8 heteroatoms. The third kappa shape index (κ3) is 5.28. The van der Waals surface area contributed by atoms with Crippen molar-refractivity contribution in [2.24, 2.45) is 0 Å². The standard InChI is InChI=1S/C15H24N4O3S/c1-13(20)17-15-5-3-14(4-6-15)7-8-18-9-11-19(12-10-18)23(21,22)16-2/h3-6,16H,7-12H2,1-2H3,(H,17,20). The molecule has 0 saturated carbocycles. The summed E-state index contributed by atoms with van der Waals surface area (Å²) in [6, 6.07) is 7.81. The van der Waals surface area contributed by atoms with E-state index in [9.17, 15) is 13.2 Å². The number of rotatable bonds is 6. The number of hydrogen-bond donors (Lipinski definition) is 2. The van der Waals surface area contributed by atoms with Crippen molar-refractivity contribution in [2.75, 3.05) is 45.1 Å². The quantitative estimate of drug-likeness (QED) is 0.779. The first-order valence-electron chi connectivity index (χ1n) is 7.68. The predicted molar refractivity (Wildman–Crippen MR) is 90.4 cm³/mol. The van der Waals surface area contributed by atoms with Gasteiger partial charge in [0.25, 0.3) is 10.2 Å². The summed E-state index contributed by atoms with van der Waals surface area (Å²) < 4.78 is 27.3. The van der Waals surface area contributed by atoms with Crippen molar-refractivity contribution in [1.82, 2.24) is 13.9 Å². The second kappa shape index (κ2) is 7.87. The first-order chi connectivity index (χ1) is 10.9. The van der Waals surface area contributed by atoms with Crippen LogP contribution in [0.25, 0.3) is 0 Å². The molecule has 0 radical (unpaired) electrons. The van der Waals surface area contributed by atoms with Crippen molar-refractivity contribution in [3.63, 3.8) is 0 Å². The molecule has 0 unspecified atom stereocenters. The molecule has 23 heavy (non-hydrogen) atoms. The molecule has 7 nitrogen and oxygen atoms in total. The molecule has 1 amide bonds. The minimum atomic E-state index is -3.30. The molecular weight excluding hydrogens is 316 g/mol. The van der Waals surface area contributed by atoms with Gasteiger partial charge in [-0.25, -0.2) is 4.72 Å². The average Bonchev–Trinajstić information content (AvgIpc) is 2.54. The van der Waals surface area contributed by atoms with Crippen LogP contribution < -0.4 is 10.0 Å². The Kier molecular flexibility index (Phi) is 6.11. The Morgan fingerprint density at radius 1 is 1.13 bits per heavy atom. The Morgan fingerprint density at radius 3 is 2.26 bits per heavy atom. The topological polar surface area (TPSA) is 81.8 Å². The summed E-state index contributed by atoms with van der Waals surface area (Å²) in [5.74, 6) is -0.0767. The number of anilines is 1. The number of piperazine rings is 1. The number of benzene rings is 1. The summed E-state index contributed by atoms with van der Waals surface area (Å²) in [7, 11) is -1.87. The smallest absolute Gasteiger partial charge is 0.279 e. The Morgan fingerprint density at radius 2 is 1.74 bits per heavy atom. The van der Waals surface area contributed by atoms with Gasteiger partial charge in [-0.3, -0.25) is 4.79 Å². The van der Waals surface area contributed by atoms with Crippen LogP contribution in [0.1, 0.15) is 12.5 Å².